The van der Waals surface area contributed by atoms with Crippen LogP contribution in [0.5, 0.6) is 0 Å². The Morgan fingerprint density at radius 1 is 0.958 bits per heavy atom. The second kappa shape index (κ2) is 7.00. The van der Waals surface area contributed by atoms with Gasteiger partial charge in [-0.2, -0.15) is 10.5 Å². The molecule has 1 aromatic heterocycles. The lowest BCUT2D eigenvalue weighted by Crippen LogP contribution is -1.81. The molecule has 0 saturated heterocycles. The molecule has 0 spiro atoms. The third-order valence-corrected chi connectivity index (χ3v) is 4.03. The van der Waals surface area contributed by atoms with E-state index in [1.54, 1.807) is 24.3 Å². The van der Waals surface area contributed by atoms with Crippen LogP contribution in [-0.4, -0.2) is 0 Å². The third kappa shape index (κ3) is 3.30. The molecule has 0 fully saturated rings. The monoisotopic (exact) mass is 374 g/mol. The SMILES string of the molecule is N#C/C(=C\c1ccc(-c2ccccc2C#N)o1)c1ccc(Br)cc1. The van der Waals surface area contributed by atoms with Gasteiger partial charge in [0, 0.05) is 10.0 Å². The molecule has 3 rings (SSSR count). The molecule has 0 radical (unpaired) electrons. The molecule has 0 aliphatic carbocycles. The Labute approximate surface area is 148 Å². The van der Waals surface area contributed by atoms with Gasteiger partial charge < -0.3 is 4.42 Å². The largest absolute Gasteiger partial charge is 0.457 e. The lowest BCUT2D eigenvalue weighted by atomic mass is 10.1. The molecule has 0 N–H and O–H groups in total. The van der Waals surface area contributed by atoms with E-state index in [-0.39, 0.29) is 0 Å². The third-order valence-electron chi connectivity index (χ3n) is 3.50. The van der Waals surface area contributed by atoms with Crippen LogP contribution in [0.4, 0.5) is 0 Å². The zero-order chi connectivity index (χ0) is 16.9. The van der Waals surface area contributed by atoms with Crippen LogP contribution in [0.3, 0.4) is 0 Å². The van der Waals surface area contributed by atoms with Crippen molar-refractivity contribution in [1.82, 2.24) is 0 Å². The molecule has 0 amide bonds. The second-order valence-electron chi connectivity index (χ2n) is 5.04. The van der Waals surface area contributed by atoms with Gasteiger partial charge in [0.2, 0.25) is 0 Å². The fraction of sp³-hybridized carbons (Fsp3) is 0. The summed E-state index contributed by atoms with van der Waals surface area (Å²) < 4.78 is 6.76. The standard InChI is InChI=1S/C20H11BrN2O/c21-17-7-5-14(6-8-17)16(13-23)11-18-9-10-20(24-18)19-4-2-1-3-15(19)12-22/h1-11H/b16-11+. The Balaban J connectivity index is 1.97. The Morgan fingerprint density at radius 2 is 1.71 bits per heavy atom. The fourth-order valence-corrected chi connectivity index (χ4v) is 2.59. The van der Waals surface area contributed by atoms with Gasteiger partial charge in [-0.05, 0) is 48.0 Å². The summed E-state index contributed by atoms with van der Waals surface area (Å²) in [6, 6.07) is 22.7. The van der Waals surface area contributed by atoms with Gasteiger partial charge >= 0.3 is 0 Å². The summed E-state index contributed by atoms with van der Waals surface area (Å²) in [7, 11) is 0. The predicted molar refractivity (Wildman–Crippen MR) is 96.5 cm³/mol. The molecule has 3 nitrogen and oxygen atoms in total. The average Bonchev–Trinajstić information content (AvgIpc) is 3.09. The van der Waals surface area contributed by atoms with E-state index in [0.29, 0.717) is 22.7 Å². The van der Waals surface area contributed by atoms with Gasteiger partial charge in [-0.1, -0.05) is 40.2 Å². The summed E-state index contributed by atoms with van der Waals surface area (Å²) in [5.41, 5.74) is 2.62. The summed E-state index contributed by atoms with van der Waals surface area (Å²) in [6.07, 6.45) is 1.70. The van der Waals surface area contributed by atoms with Gasteiger partial charge in [-0.3, -0.25) is 0 Å². The van der Waals surface area contributed by atoms with E-state index < -0.39 is 0 Å². The van der Waals surface area contributed by atoms with Gasteiger partial charge in [0.25, 0.3) is 0 Å². The molecule has 1 heterocycles. The number of hydrogen-bond donors (Lipinski definition) is 0. The van der Waals surface area contributed by atoms with Crippen LogP contribution >= 0.6 is 15.9 Å². The number of allylic oxidation sites excluding steroid dienone is 1. The quantitative estimate of drug-likeness (QED) is 0.556. The Hall–Kier alpha value is -3.08. The van der Waals surface area contributed by atoms with Gasteiger partial charge in [-0.15, -0.1) is 0 Å². The smallest absolute Gasteiger partial charge is 0.136 e. The normalized spacial score (nSPS) is 10.9. The molecule has 0 unspecified atom stereocenters. The topological polar surface area (TPSA) is 60.7 Å². The summed E-state index contributed by atoms with van der Waals surface area (Å²) in [6.45, 7) is 0. The molecule has 114 valence electrons. The maximum absolute atomic E-state index is 9.40. The number of nitrogens with zero attached hydrogens (tertiary/aromatic N) is 2. The van der Waals surface area contributed by atoms with Crippen molar-refractivity contribution < 1.29 is 4.42 Å². The van der Waals surface area contributed by atoms with E-state index in [0.717, 1.165) is 15.6 Å². The van der Waals surface area contributed by atoms with Crippen molar-refractivity contribution in [3.63, 3.8) is 0 Å². The molecular formula is C20H11BrN2O. The van der Waals surface area contributed by atoms with Crippen LogP contribution < -0.4 is 0 Å². The fourth-order valence-electron chi connectivity index (χ4n) is 2.32. The number of furan rings is 1. The zero-order valence-electron chi connectivity index (χ0n) is 12.5. The van der Waals surface area contributed by atoms with Crippen molar-refractivity contribution in [3.05, 3.63) is 82.0 Å². The van der Waals surface area contributed by atoms with Crippen LogP contribution in [0.1, 0.15) is 16.9 Å². The first-order chi connectivity index (χ1) is 11.7. The molecule has 4 heteroatoms. The number of nitriles is 2. The van der Waals surface area contributed by atoms with Crippen molar-refractivity contribution in [2.24, 2.45) is 0 Å². The highest BCUT2D eigenvalue weighted by atomic mass is 79.9. The predicted octanol–water partition coefficient (Wildman–Crippen LogP) is 5.64. The Kier molecular flexibility index (Phi) is 4.61. The van der Waals surface area contributed by atoms with E-state index in [2.05, 4.69) is 28.1 Å². The van der Waals surface area contributed by atoms with Gasteiger partial charge in [0.1, 0.15) is 11.5 Å². The first-order valence-electron chi connectivity index (χ1n) is 7.18. The van der Waals surface area contributed by atoms with Gasteiger partial charge in [-0.25, -0.2) is 0 Å². The summed E-state index contributed by atoms with van der Waals surface area (Å²) >= 11 is 3.38. The van der Waals surface area contributed by atoms with Crippen LogP contribution in [0.15, 0.2) is 69.6 Å². The van der Waals surface area contributed by atoms with Crippen molar-refractivity contribution in [3.8, 4) is 23.5 Å². The van der Waals surface area contributed by atoms with Crippen LogP contribution in [-0.2, 0) is 0 Å². The van der Waals surface area contributed by atoms with Crippen molar-refractivity contribution >= 4 is 27.6 Å². The molecule has 0 atom stereocenters. The first-order valence-corrected chi connectivity index (χ1v) is 7.97. The minimum atomic E-state index is 0.511. The number of hydrogen-bond acceptors (Lipinski definition) is 3. The molecule has 3 aromatic rings. The lowest BCUT2D eigenvalue weighted by molar-refractivity contribution is 0.572. The van der Waals surface area contributed by atoms with E-state index in [4.69, 9.17) is 4.42 Å². The Bertz CT molecular complexity index is 985. The van der Waals surface area contributed by atoms with Crippen molar-refractivity contribution in [1.29, 1.82) is 10.5 Å². The number of benzene rings is 2. The maximum Gasteiger partial charge on any atom is 0.136 e. The van der Waals surface area contributed by atoms with Crippen molar-refractivity contribution in [2.75, 3.05) is 0 Å². The van der Waals surface area contributed by atoms with Crippen LogP contribution in [0, 0.1) is 22.7 Å². The molecule has 2 aromatic carbocycles. The Morgan fingerprint density at radius 3 is 2.42 bits per heavy atom. The summed E-state index contributed by atoms with van der Waals surface area (Å²) in [5, 5.41) is 18.6. The minimum Gasteiger partial charge on any atom is -0.457 e. The summed E-state index contributed by atoms with van der Waals surface area (Å²) in [5.74, 6) is 1.17. The first kappa shape index (κ1) is 15.8. The van der Waals surface area contributed by atoms with Gasteiger partial charge in [0.05, 0.1) is 23.3 Å². The highest BCUT2D eigenvalue weighted by Gasteiger charge is 2.09. The highest BCUT2D eigenvalue weighted by molar-refractivity contribution is 9.10. The van der Waals surface area contributed by atoms with Gasteiger partial charge in [0.15, 0.2) is 0 Å². The van der Waals surface area contributed by atoms with Crippen molar-refractivity contribution in [2.45, 2.75) is 0 Å². The highest BCUT2D eigenvalue weighted by Crippen LogP contribution is 2.27. The van der Waals surface area contributed by atoms with E-state index in [1.165, 1.54) is 0 Å². The molecule has 0 saturated carbocycles. The van der Waals surface area contributed by atoms with Crippen LogP contribution in [0.25, 0.3) is 23.0 Å². The number of halogens is 1. The average molecular weight is 375 g/mol. The summed E-state index contributed by atoms with van der Waals surface area (Å²) in [4.78, 5) is 0. The molecule has 24 heavy (non-hydrogen) atoms. The van der Waals surface area contributed by atoms with E-state index in [9.17, 15) is 10.5 Å². The number of rotatable bonds is 3. The zero-order valence-corrected chi connectivity index (χ0v) is 14.1. The molecule has 0 aliphatic heterocycles. The van der Waals surface area contributed by atoms with E-state index >= 15 is 0 Å². The molecule has 0 bridgehead atoms. The second-order valence-corrected chi connectivity index (χ2v) is 5.95. The minimum absolute atomic E-state index is 0.511. The molecule has 0 aliphatic rings. The van der Waals surface area contributed by atoms with Crippen LogP contribution in [0.2, 0.25) is 0 Å². The lowest BCUT2D eigenvalue weighted by Gasteiger charge is -2.00. The maximum atomic E-state index is 9.40. The molecular weight excluding hydrogens is 364 g/mol. The van der Waals surface area contributed by atoms with E-state index in [1.807, 2.05) is 42.5 Å².